The molecule has 1 atom stereocenters. The number of rotatable bonds is 2. The summed E-state index contributed by atoms with van der Waals surface area (Å²) in [7, 11) is 0. The number of nitrogens with zero attached hydrogens (tertiary/aromatic N) is 1. The molecule has 0 fully saturated rings. The summed E-state index contributed by atoms with van der Waals surface area (Å²) >= 11 is 0. The highest BCUT2D eigenvalue weighted by atomic mass is 16.4. The molecule has 1 amide bonds. The van der Waals surface area contributed by atoms with Gasteiger partial charge in [0, 0.05) is 12.5 Å². The number of hydrogen-bond donors (Lipinski definition) is 2. The Bertz CT molecular complexity index is 343. The molecule has 2 N–H and O–H groups in total. The third-order valence-electron chi connectivity index (χ3n) is 3.24. The molecule has 0 aromatic rings. The lowest BCUT2D eigenvalue weighted by Crippen LogP contribution is -2.49. The third-order valence-corrected chi connectivity index (χ3v) is 3.24. The molecule has 0 aromatic carbocycles. The van der Waals surface area contributed by atoms with E-state index in [9.17, 15) is 4.79 Å². The predicted octanol–water partition coefficient (Wildman–Crippen LogP) is 2.09. The van der Waals surface area contributed by atoms with E-state index in [0.717, 1.165) is 17.7 Å². The van der Waals surface area contributed by atoms with Gasteiger partial charge in [0.2, 0.25) is 5.91 Å². The molecular weight excluding hydrogens is 204 g/mol. The second kappa shape index (κ2) is 4.68. The molecule has 0 radical (unpaired) electrons. The summed E-state index contributed by atoms with van der Waals surface area (Å²) in [6.45, 7) is 7.47. The molecule has 0 aromatic heterocycles. The Morgan fingerprint density at radius 3 is 2.75 bits per heavy atom. The van der Waals surface area contributed by atoms with E-state index >= 15 is 0 Å². The van der Waals surface area contributed by atoms with E-state index in [2.05, 4.69) is 16.5 Å². The second-order valence-electron chi connectivity index (χ2n) is 4.97. The minimum atomic E-state index is -0.279. The predicted molar refractivity (Wildman–Crippen MR) is 63.6 cm³/mol. The molecule has 1 aliphatic carbocycles. The lowest BCUT2D eigenvalue weighted by molar-refractivity contribution is -0.121. The Morgan fingerprint density at radius 2 is 2.25 bits per heavy atom. The van der Waals surface area contributed by atoms with Gasteiger partial charge in [-0.25, -0.2) is 0 Å². The molecule has 90 valence electrons. The largest absolute Gasteiger partial charge is 0.411 e. The van der Waals surface area contributed by atoms with E-state index in [-0.39, 0.29) is 17.4 Å². The first-order valence-corrected chi connectivity index (χ1v) is 5.53. The summed E-state index contributed by atoms with van der Waals surface area (Å²) in [5.41, 5.74) is 1.46. The summed E-state index contributed by atoms with van der Waals surface area (Å²) in [6, 6.07) is 0. The van der Waals surface area contributed by atoms with Gasteiger partial charge in [-0.05, 0) is 45.1 Å². The Balaban J connectivity index is 2.81. The lowest BCUT2D eigenvalue weighted by Gasteiger charge is -2.36. The van der Waals surface area contributed by atoms with E-state index in [4.69, 9.17) is 5.21 Å². The molecule has 0 aliphatic heterocycles. The van der Waals surface area contributed by atoms with Gasteiger partial charge in [-0.15, -0.1) is 0 Å². The molecule has 0 saturated heterocycles. The monoisotopic (exact) mass is 224 g/mol. The lowest BCUT2D eigenvalue weighted by atomic mass is 9.76. The van der Waals surface area contributed by atoms with Crippen LogP contribution in [-0.2, 0) is 4.79 Å². The standard InChI is InChI=1S/C12H20N2O2/c1-8-5-6-10(7-11(8)14-16)12(3,4)13-9(2)15/h5,10,16H,6-7H2,1-4H3,(H,13,15)/b14-11+/t10-/m0/s1. The highest BCUT2D eigenvalue weighted by Gasteiger charge is 2.32. The summed E-state index contributed by atoms with van der Waals surface area (Å²) in [6.07, 6.45) is 3.66. The quantitative estimate of drug-likeness (QED) is 0.557. The first-order valence-electron chi connectivity index (χ1n) is 5.53. The van der Waals surface area contributed by atoms with Gasteiger partial charge in [-0.1, -0.05) is 11.2 Å². The molecule has 0 unspecified atom stereocenters. The maximum atomic E-state index is 11.1. The molecule has 4 heteroatoms. The summed E-state index contributed by atoms with van der Waals surface area (Å²) in [5, 5.41) is 15.1. The fraction of sp³-hybridized carbons (Fsp3) is 0.667. The molecule has 0 bridgehead atoms. The average Bonchev–Trinajstić information content (AvgIpc) is 2.16. The van der Waals surface area contributed by atoms with Gasteiger partial charge in [0.05, 0.1) is 5.71 Å². The van der Waals surface area contributed by atoms with Gasteiger partial charge in [-0.2, -0.15) is 0 Å². The highest BCUT2D eigenvalue weighted by molar-refractivity contribution is 6.00. The maximum Gasteiger partial charge on any atom is 0.217 e. The van der Waals surface area contributed by atoms with Crippen molar-refractivity contribution < 1.29 is 10.0 Å². The smallest absolute Gasteiger partial charge is 0.217 e. The van der Waals surface area contributed by atoms with Gasteiger partial charge in [0.25, 0.3) is 0 Å². The van der Waals surface area contributed by atoms with Crippen LogP contribution in [-0.4, -0.2) is 22.4 Å². The topological polar surface area (TPSA) is 61.7 Å². The van der Waals surface area contributed by atoms with Crippen molar-refractivity contribution in [2.45, 2.75) is 46.1 Å². The maximum absolute atomic E-state index is 11.1. The molecule has 1 aliphatic rings. The number of allylic oxidation sites excluding steroid dienone is 2. The van der Waals surface area contributed by atoms with Crippen molar-refractivity contribution in [1.29, 1.82) is 0 Å². The molecule has 0 heterocycles. The van der Waals surface area contributed by atoms with Gasteiger partial charge < -0.3 is 10.5 Å². The van der Waals surface area contributed by atoms with Crippen LogP contribution in [0.1, 0.15) is 40.5 Å². The first-order chi connectivity index (χ1) is 7.36. The van der Waals surface area contributed by atoms with Crippen molar-refractivity contribution in [2.75, 3.05) is 0 Å². The zero-order valence-corrected chi connectivity index (χ0v) is 10.4. The SMILES string of the molecule is CC(=O)NC(C)(C)[C@H]1CC=C(C)/C(=N/O)C1. The normalized spacial score (nSPS) is 24.1. The number of hydrogen-bond acceptors (Lipinski definition) is 3. The van der Waals surface area contributed by atoms with Crippen LogP contribution >= 0.6 is 0 Å². The first kappa shape index (κ1) is 12.7. The molecule has 16 heavy (non-hydrogen) atoms. The number of nitrogens with one attached hydrogen (secondary N) is 1. The Kier molecular flexibility index (Phi) is 3.73. The Morgan fingerprint density at radius 1 is 1.62 bits per heavy atom. The van der Waals surface area contributed by atoms with Crippen molar-refractivity contribution in [3.63, 3.8) is 0 Å². The fourth-order valence-electron chi connectivity index (χ4n) is 2.14. The van der Waals surface area contributed by atoms with E-state index in [1.165, 1.54) is 6.92 Å². The number of carbonyl (C=O) groups is 1. The van der Waals surface area contributed by atoms with Crippen molar-refractivity contribution in [1.82, 2.24) is 5.32 Å². The van der Waals surface area contributed by atoms with Crippen molar-refractivity contribution in [3.8, 4) is 0 Å². The van der Waals surface area contributed by atoms with E-state index in [1.807, 2.05) is 20.8 Å². The van der Waals surface area contributed by atoms with E-state index < -0.39 is 0 Å². The Hall–Kier alpha value is -1.32. The van der Waals surface area contributed by atoms with Crippen molar-refractivity contribution >= 4 is 11.6 Å². The van der Waals surface area contributed by atoms with E-state index in [1.54, 1.807) is 0 Å². The van der Waals surface area contributed by atoms with Gasteiger partial charge >= 0.3 is 0 Å². The second-order valence-corrected chi connectivity index (χ2v) is 4.97. The minimum Gasteiger partial charge on any atom is -0.411 e. The molecule has 1 rings (SSSR count). The zero-order valence-electron chi connectivity index (χ0n) is 10.4. The van der Waals surface area contributed by atoms with Crippen LogP contribution in [0.15, 0.2) is 16.8 Å². The van der Waals surface area contributed by atoms with Crippen LogP contribution in [0, 0.1) is 5.92 Å². The molecule has 4 nitrogen and oxygen atoms in total. The van der Waals surface area contributed by atoms with Crippen LogP contribution in [0.25, 0.3) is 0 Å². The third kappa shape index (κ3) is 2.84. The zero-order chi connectivity index (χ0) is 12.3. The van der Waals surface area contributed by atoms with Crippen LogP contribution in [0.4, 0.5) is 0 Å². The van der Waals surface area contributed by atoms with Crippen LogP contribution < -0.4 is 5.32 Å². The number of oxime groups is 1. The van der Waals surface area contributed by atoms with Crippen molar-refractivity contribution in [3.05, 3.63) is 11.6 Å². The number of amides is 1. The van der Waals surface area contributed by atoms with Gasteiger partial charge in [0.15, 0.2) is 0 Å². The van der Waals surface area contributed by atoms with Gasteiger partial charge in [-0.3, -0.25) is 4.79 Å². The summed E-state index contributed by atoms with van der Waals surface area (Å²) < 4.78 is 0. The minimum absolute atomic E-state index is 0.0289. The fourth-order valence-corrected chi connectivity index (χ4v) is 2.14. The van der Waals surface area contributed by atoms with Crippen LogP contribution in [0.5, 0.6) is 0 Å². The Labute approximate surface area is 96.4 Å². The molecule has 0 saturated carbocycles. The summed E-state index contributed by atoms with van der Waals surface area (Å²) in [4.78, 5) is 11.1. The van der Waals surface area contributed by atoms with Crippen molar-refractivity contribution in [2.24, 2.45) is 11.1 Å². The van der Waals surface area contributed by atoms with Crippen LogP contribution in [0.2, 0.25) is 0 Å². The van der Waals surface area contributed by atoms with Crippen LogP contribution in [0.3, 0.4) is 0 Å². The average molecular weight is 224 g/mol. The van der Waals surface area contributed by atoms with Gasteiger partial charge in [0.1, 0.15) is 0 Å². The summed E-state index contributed by atoms with van der Waals surface area (Å²) in [5.74, 6) is 0.241. The highest BCUT2D eigenvalue weighted by Crippen LogP contribution is 2.30. The number of carbonyl (C=O) groups excluding carboxylic acids is 1. The molecule has 0 spiro atoms. The molecular formula is C12H20N2O2. The van der Waals surface area contributed by atoms with E-state index in [0.29, 0.717) is 6.42 Å².